The van der Waals surface area contributed by atoms with Crippen LogP contribution in [0.15, 0.2) is 71.3 Å². The van der Waals surface area contributed by atoms with Crippen LogP contribution in [-0.2, 0) is 14.6 Å². The van der Waals surface area contributed by atoms with Gasteiger partial charge in [-0.2, -0.15) is 0 Å². The zero-order valence-electron chi connectivity index (χ0n) is 19.0. The molecule has 0 radical (unpaired) electrons. The predicted octanol–water partition coefficient (Wildman–Crippen LogP) is 2.87. The number of nitrogens with one attached hydrogen (secondary N) is 1. The van der Waals surface area contributed by atoms with Gasteiger partial charge in [0.25, 0.3) is 5.91 Å². The van der Waals surface area contributed by atoms with Crippen LogP contribution in [-0.4, -0.2) is 41.5 Å². The molecule has 1 amide bonds. The number of carbonyl (C=O) groups excluding carboxylic acids is 1. The molecule has 2 heterocycles. The van der Waals surface area contributed by atoms with Gasteiger partial charge in [0.15, 0.2) is 14.6 Å². The first-order chi connectivity index (χ1) is 16.4. The molecule has 2 aromatic rings. The average Bonchev–Trinajstić information content (AvgIpc) is 2.78. The van der Waals surface area contributed by atoms with E-state index in [4.69, 9.17) is 5.73 Å². The van der Waals surface area contributed by atoms with E-state index < -0.39 is 49.3 Å². The Morgan fingerprint density at radius 1 is 1.20 bits per heavy atom. The third-order valence-electron chi connectivity index (χ3n) is 6.55. The van der Waals surface area contributed by atoms with Gasteiger partial charge in [-0.3, -0.25) is 9.79 Å². The lowest BCUT2D eigenvalue weighted by atomic mass is 9.80. The number of halogens is 2. The van der Waals surface area contributed by atoms with E-state index in [-0.39, 0.29) is 29.3 Å². The Morgan fingerprint density at radius 3 is 2.57 bits per heavy atom. The highest BCUT2D eigenvalue weighted by molar-refractivity contribution is 7.93. The summed E-state index contributed by atoms with van der Waals surface area (Å²) in [6.45, 7) is 2.85. The number of amides is 1. The highest BCUT2D eigenvalue weighted by Gasteiger charge is 2.55. The minimum absolute atomic E-state index is 0.0369. The van der Waals surface area contributed by atoms with Crippen molar-refractivity contribution < 1.29 is 27.1 Å². The Kier molecular flexibility index (Phi) is 6.00. The van der Waals surface area contributed by atoms with E-state index in [9.17, 15) is 22.7 Å². The number of benzene rings is 1. The smallest absolute Gasteiger partial charge is 0.274 e. The maximum atomic E-state index is 15.0. The van der Waals surface area contributed by atoms with Gasteiger partial charge in [-0.15, -0.1) is 0 Å². The van der Waals surface area contributed by atoms with Gasteiger partial charge in [0, 0.05) is 11.6 Å². The van der Waals surface area contributed by atoms with Crippen molar-refractivity contribution in [3.8, 4) is 5.75 Å². The first-order valence-electron chi connectivity index (χ1n) is 10.7. The Balaban J connectivity index is 1.64. The largest absolute Gasteiger partial charge is 0.506 e. The molecule has 2 aliphatic rings. The zero-order chi connectivity index (χ0) is 25.6. The Hall–Kier alpha value is -3.60. The van der Waals surface area contributed by atoms with Crippen LogP contribution in [0.25, 0.3) is 0 Å². The second kappa shape index (κ2) is 8.56. The summed E-state index contributed by atoms with van der Waals surface area (Å²) in [5, 5.41) is 12.0. The predicted molar refractivity (Wildman–Crippen MR) is 126 cm³/mol. The fourth-order valence-corrected chi connectivity index (χ4v) is 6.59. The molecule has 0 saturated carbocycles. The molecule has 184 valence electrons. The number of aromatic nitrogens is 1. The van der Waals surface area contributed by atoms with Crippen LogP contribution >= 0.6 is 0 Å². The van der Waals surface area contributed by atoms with Gasteiger partial charge in [0.2, 0.25) is 0 Å². The molecule has 0 saturated heterocycles. The number of nitrogens with two attached hydrogens (primary N) is 1. The number of hydrogen-bond acceptors (Lipinski definition) is 7. The van der Waals surface area contributed by atoms with Gasteiger partial charge in [0.05, 0.1) is 17.5 Å². The van der Waals surface area contributed by atoms with Gasteiger partial charge >= 0.3 is 0 Å². The van der Waals surface area contributed by atoms with Crippen molar-refractivity contribution in [3.05, 3.63) is 83.3 Å². The van der Waals surface area contributed by atoms with Crippen molar-refractivity contribution in [2.75, 3.05) is 5.75 Å². The SMILES string of the molecule is C[C@@]1(C2CC(NC(=O)c3ccc(O)cn3)=CC=C2F)CS(=O)(=O)[C@@](C)(c2cccc(F)c2)C(N)=N1. The van der Waals surface area contributed by atoms with Crippen LogP contribution in [0.3, 0.4) is 0 Å². The summed E-state index contributed by atoms with van der Waals surface area (Å²) < 4.78 is 54.1. The number of hydrogen-bond donors (Lipinski definition) is 3. The van der Waals surface area contributed by atoms with Crippen LogP contribution in [0, 0.1) is 11.7 Å². The number of pyridine rings is 1. The third kappa shape index (κ3) is 4.31. The molecule has 0 bridgehead atoms. The molecule has 4 N–H and O–H groups in total. The van der Waals surface area contributed by atoms with Crippen LogP contribution in [0.4, 0.5) is 8.78 Å². The second-order valence-corrected chi connectivity index (χ2v) is 11.3. The van der Waals surface area contributed by atoms with Gasteiger partial charge < -0.3 is 16.2 Å². The first kappa shape index (κ1) is 24.5. The molecular weight excluding hydrogens is 478 g/mol. The molecule has 4 rings (SSSR count). The van der Waals surface area contributed by atoms with Crippen molar-refractivity contribution in [3.63, 3.8) is 0 Å². The molecular formula is C24H24F2N4O4S. The van der Waals surface area contributed by atoms with Crippen molar-refractivity contribution in [1.82, 2.24) is 10.3 Å². The first-order valence-corrected chi connectivity index (χ1v) is 12.4. The van der Waals surface area contributed by atoms with Crippen LogP contribution in [0.1, 0.15) is 36.3 Å². The normalized spacial score (nSPS) is 27.9. The maximum Gasteiger partial charge on any atom is 0.274 e. The number of amidine groups is 1. The standard InChI is InChI=1S/C24H24F2N4O4S/c1-23(13-35(33,34)24(2,22(27)30-23)14-4-3-5-15(25)10-14)18-11-16(6-8-19(18)26)29-21(32)20-9-7-17(31)12-28-20/h3-10,12,18,31H,11,13H2,1-2H3,(H2,27,30)(H,29,32)/t18?,23-,24-/m0/s1. The van der Waals surface area contributed by atoms with Gasteiger partial charge in [-0.1, -0.05) is 12.1 Å². The van der Waals surface area contributed by atoms with E-state index in [2.05, 4.69) is 15.3 Å². The summed E-state index contributed by atoms with van der Waals surface area (Å²) in [7, 11) is -4.07. The van der Waals surface area contributed by atoms with Gasteiger partial charge in [-0.25, -0.2) is 22.2 Å². The highest BCUT2D eigenvalue weighted by Crippen LogP contribution is 2.45. The number of aromatic hydroxyl groups is 1. The van der Waals surface area contributed by atoms with Crippen LogP contribution in [0.5, 0.6) is 5.75 Å². The minimum Gasteiger partial charge on any atom is -0.506 e. The van der Waals surface area contributed by atoms with Crippen LogP contribution < -0.4 is 11.1 Å². The molecule has 3 atom stereocenters. The molecule has 8 nitrogen and oxygen atoms in total. The lowest BCUT2D eigenvalue weighted by molar-refractivity contribution is 0.0957. The maximum absolute atomic E-state index is 15.0. The quantitative estimate of drug-likeness (QED) is 0.589. The van der Waals surface area contributed by atoms with Crippen molar-refractivity contribution in [2.24, 2.45) is 16.6 Å². The number of sulfone groups is 1. The van der Waals surface area contributed by atoms with Gasteiger partial charge in [-0.05, 0) is 62.2 Å². The molecule has 1 aromatic carbocycles. The van der Waals surface area contributed by atoms with E-state index in [1.165, 1.54) is 50.3 Å². The Morgan fingerprint density at radius 2 is 1.94 bits per heavy atom. The molecule has 1 unspecified atom stereocenters. The van der Waals surface area contributed by atoms with E-state index in [1.54, 1.807) is 0 Å². The van der Waals surface area contributed by atoms with E-state index in [0.717, 1.165) is 18.3 Å². The molecule has 11 heteroatoms. The van der Waals surface area contributed by atoms with Crippen molar-refractivity contribution in [1.29, 1.82) is 0 Å². The summed E-state index contributed by atoms with van der Waals surface area (Å²) in [6, 6.07) is 7.77. The van der Waals surface area contributed by atoms with Crippen LogP contribution in [0.2, 0.25) is 0 Å². The monoisotopic (exact) mass is 502 g/mol. The second-order valence-electron chi connectivity index (χ2n) is 9.01. The average molecular weight is 503 g/mol. The topological polar surface area (TPSA) is 135 Å². The summed E-state index contributed by atoms with van der Waals surface area (Å²) in [5.74, 6) is -3.73. The molecule has 1 aliphatic carbocycles. The van der Waals surface area contributed by atoms with E-state index in [0.29, 0.717) is 5.70 Å². The molecule has 0 spiro atoms. The van der Waals surface area contributed by atoms with Crippen molar-refractivity contribution >= 4 is 21.6 Å². The molecule has 1 aliphatic heterocycles. The van der Waals surface area contributed by atoms with E-state index in [1.807, 2.05) is 0 Å². The lowest BCUT2D eigenvalue weighted by Gasteiger charge is -2.43. The number of allylic oxidation sites excluding steroid dienone is 3. The summed E-state index contributed by atoms with van der Waals surface area (Å²) in [4.78, 5) is 20.8. The van der Waals surface area contributed by atoms with E-state index >= 15 is 4.39 Å². The number of carbonyl (C=O) groups is 1. The fourth-order valence-electron chi connectivity index (χ4n) is 4.42. The summed E-state index contributed by atoms with van der Waals surface area (Å²) in [6.07, 6.45) is 3.60. The number of rotatable bonds is 4. The Bertz CT molecular complexity index is 1390. The summed E-state index contributed by atoms with van der Waals surface area (Å²) in [5.41, 5.74) is 5.23. The molecule has 0 fully saturated rings. The molecule has 35 heavy (non-hydrogen) atoms. The number of aliphatic imine (C=N–C) groups is 1. The third-order valence-corrected chi connectivity index (χ3v) is 9.20. The fraction of sp³-hybridized carbons (Fsp3) is 0.292. The van der Waals surface area contributed by atoms with Crippen molar-refractivity contribution in [2.45, 2.75) is 30.6 Å². The summed E-state index contributed by atoms with van der Waals surface area (Å²) >= 11 is 0. The highest BCUT2D eigenvalue weighted by atomic mass is 32.2. The number of nitrogens with zero attached hydrogens (tertiary/aromatic N) is 2. The zero-order valence-corrected chi connectivity index (χ0v) is 19.8. The van der Waals surface area contributed by atoms with Gasteiger partial charge in [0.1, 0.15) is 28.9 Å². The Labute approximate surface area is 201 Å². The lowest BCUT2D eigenvalue weighted by Crippen LogP contribution is -2.58. The minimum atomic E-state index is -4.07. The molecule has 1 aromatic heterocycles.